The summed E-state index contributed by atoms with van der Waals surface area (Å²) >= 11 is 0. The number of hydrogen-bond donors (Lipinski definition) is 1. The van der Waals surface area contributed by atoms with Crippen molar-refractivity contribution in [1.29, 1.82) is 0 Å². The largest absolute Gasteiger partial charge is 0.342 e. The van der Waals surface area contributed by atoms with Gasteiger partial charge >= 0.3 is 0 Å². The first-order valence-corrected chi connectivity index (χ1v) is 5.63. The number of amides is 1. The van der Waals surface area contributed by atoms with Crippen molar-refractivity contribution in [1.82, 2.24) is 10.2 Å². The van der Waals surface area contributed by atoms with Crippen LogP contribution in [0.1, 0.15) is 33.1 Å². The first-order valence-electron chi connectivity index (χ1n) is 5.63. The smallest absolute Gasteiger partial charge is 0.236 e. The van der Waals surface area contributed by atoms with Gasteiger partial charge in [-0.05, 0) is 38.6 Å². The Balaban J connectivity index is 2.20. The van der Waals surface area contributed by atoms with Gasteiger partial charge in [-0.25, -0.2) is 0 Å². The maximum absolute atomic E-state index is 11.7. The van der Waals surface area contributed by atoms with Gasteiger partial charge in [-0.2, -0.15) is 0 Å². The molecule has 14 heavy (non-hydrogen) atoms. The Kier molecular flexibility index (Phi) is 4.39. The molecule has 82 valence electrons. The van der Waals surface area contributed by atoms with Crippen LogP contribution in [0.4, 0.5) is 0 Å². The van der Waals surface area contributed by atoms with Crippen molar-refractivity contribution in [2.75, 3.05) is 20.1 Å². The molecule has 0 radical (unpaired) electrons. The highest BCUT2D eigenvalue weighted by Crippen LogP contribution is 2.34. The van der Waals surface area contributed by atoms with Crippen LogP contribution in [0.3, 0.4) is 0 Å². The Labute approximate surface area is 86.9 Å². The van der Waals surface area contributed by atoms with Gasteiger partial charge in [0.1, 0.15) is 0 Å². The molecule has 0 aliphatic heterocycles. The van der Waals surface area contributed by atoms with Gasteiger partial charge in [0.25, 0.3) is 0 Å². The van der Waals surface area contributed by atoms with Gasteiger partial charge in [-0.3, -0.25) is 4.79 Å². The van der Waals surface area contributed by atoms with E-state index in [4.69, 9.17) is 0 Å². The molecular weight excluding hydrogens is 176 g/mol. The van der Waals surface area contributed by atoms with Crippen molar-refractivity contribution in [3.63, 3.8) is 0 Å². The molecule has 1 fully saturated rings. The summed E-state index contributed by atoms with van der Waals surface area (Å²) in [6.45, 7) is 5.67. The highest BCUT2D eigenvalue weighted by molar-refractivity contribution is 5.78. The number of nitrogens with zero attached hydrogens (tertiary/aromatic N) is 1. The summed E-state index contributed by atoms with van der Waals surface area (Å²) in [6.07, 6.45) is 3.66. The molecule has 0 aromatic carbocycles. The van der Waals surface area contributed by atoms with Gasteiger partial charge in [0.2, 0.25) is 5.91 Å². The molecule has 0 spiro atoms. The van der Waals surface area contributed by atoms with Gasteiger partial charge in [0.05, 0.1) is 6.54 Å². The molecule has 0 aromatic heterocycles. The SMILES string of the molecule is CCCNCC(=O)N(C)C(C)C1CC1. The average molecular weight is 198 g/mol. The van der Waals surface area contributed by atoms with Crippen LogP contribution in [0.2, 0.25) is 0 Å². The Morgan fingerprint density at radius 1 is 1.57 bits per heavy atom. The number of carbonyl (C=O) groups excluding carboxylic acids is 1. The van der Waals surface area contributed by atoms with Gasteiger partial charge in [-0.1, -0.05) is 6.92 Å². The van der Waals surface area contributed by atoms with Crippen LogP contribution in [0.25, 0.3) is 0 Å². The van der Waals surface area contributed by atoms with Gasteiger partial charge < -0.3 is 10.2 Å². The third-order valence-electron chi connectivity index (χ3n) is 3.01. The van der Waals surface area contributed by atoms with Gasteiger partial charge in [0, 0.05) is 13.1 Å². The quantitative estimate of drug-likeness (QED) is 0.651. The van der Waals surface area contributed by atoms with Crippen LogP contribution in [0.15, 0.2) is 0 Å². The van der Waals surface area contributed by atoms with Crippen molar-refractivity contribution in [3.8, 4) is 0 Å². The average Bonchev–Trinajstić information content (AvgIpc) is 2.99. The van der Waals surface area contributed by atoms with E-state index >= 15 is 0 Å². The summed E-state index contributed by atoms with van der Waals surface area (Å²) in [5.74, 6) is 0.980. The summed E-state index contributed by atoms with van der Waals surface area (Å²) in [5.41, 5.74) is 0. The summed E-state index contributed by atoms with van der Waals surface area (Å²) in [6, 6.07) is 0.422. The predicted octanol–water partition coefficient (Wildman–Crippen LogP) is 1.24. The summed E-state index contributed by atoms with van der Waals surface area (Å²) < 4.78 is 0. The molecule has 0 saturated heterocycles. The van der Waals surface area contributed by atoms with Crippen LogP contribution in [-0.4, -0.2) is 37.0 Å². The Hall–Kier alpha value is -0.570. The molecule has 1 unspecified atom stereocenters. The highest BCUT2D eigenvalue weighted by atomic mass is 16.2. The van der Waals surface area contributed by atoms with Crippen molar-refractivity contribution < 1.29 is 4.79 Å². The van der Waals surface area contributed by atoms with Gasteiger partial charge in [-0.15, -0.1) is 0 Å². The molecule has 1 N–H and O–H groups in total. The Bertz CT molecular complexity index is 190. The first-order chi connectivity index (χ1) is 6.66. The second kappa shape index (κ2) is 5.35. The van der Waals surface area contributed by atoms with E-state index in [9.17, 15) is 4.79 Å². The topological polar surface area (TPSA) is 32.3 Å². The molecule has 1 rings (SSSR count). The van der Waals surface area contributed by atoms with Crippen molar-refractivity contribution in [3.05, 3.63) is 0 Å². The van der Waals surface area contributed by atoms with Crippen LogP contribution in [0, 0.1) is 5.92 Å². The molecule has 3 nitrogen and oxygen atoms in total. The normalized spacial score (nSPS) is 17.9. The Morgan fingerprint density at radius 3 is 2.71 bits per heavy atom. The van der Waals surface area contributed by atoms with E-state index in [1.165, 1.54) is 12.8 Å². The van der Waals surface area contributed by atoms with E-state index < -0.39 is 0 Å². The van der Waals surface area contributed by atoms with E-state index in [1.54, 1.807) is 0 Å². The summed E-state index contributed by atoms with van der Waals surface area (Å²) in [7, 11) is 1.92. The molecule has 0 aromatic rings. The van der Waals surface area contributed by atoms with E-state index in [-0.39, 0.29) is 5.91 Å². The zero-order valence-corrected chi connectivity index (χ0v) is 9.55. The van der Waals surface area contributed by atoms with Crippen molar-refractivity contribution in [2.45, 2.75) is 39.2 Å². The number of hydrogen-bond acceptors (Lipinski definition) is 2. The fraction of sp³-hybridized carbons (Fsp3) is 0.909. The van der Waals surface area contributed by atoms with Crippen molar-refractivity contribution in [2.24, 2.45) is 5.92 Å². The minimum absolute atomic E-state index is 0.220. The molecular formula is C11H22N2O. The predicted molar refractivity (Wildman–Crippen MR) is 58.1 cm³/mol. The molecule has 1 aliphatic carbocycles. The molecule has 3 heteroatoms. The molecule has 1 amide bonds. The molecule has 1 saturated carbocycles. The minimum Gasteiger partial charge on any atom is -0.342 e. The fourth-order valence-corrected chi connectivity index (χ4v) is 1.62. The minimum atomic E-state index is 0.220. The molecule has 0 heterocycles. The standard InChI is InChI=1S/C11H22N2O/c1-4-7-12-8-11(14)13(3)9(2)10-5-6-10/h9-10,12H,4-8H2,1-3H3. The second-order valence-electron chi connectivity index (χ2n) is 4.26. The molecule has 0 bridgehead atoms. The van der Waals surface area contributed by atoms with Crippen LogP contribution in [0.5, 0.6) is 0 Å². The van der Waals surface area contributed by atoms with E-state index in [2.05, 4.69) is 19.2 Å². The lowest BCUT2D eigenvalue weighted by Gasteiger charge is -2.25. The maximum atomic E-state index is 11.7. The first kappa shape index (κ1) is 11.5. The highest BCUT2D eigenvalue weighted by Gasteiger charge is 2.32. The third-order valence-corrected chi connectivity index (χ3v) is 3.01. The number of carbonyl (C=O) groups is 1. The summed E-state index contributed by atoms with van der Waals surface area (Å²) in [5, 5.41) is 3.14. The van der Waals surface area contributed by atoms with Gasteiger partial charge in [0.15, 0.2) is 0 Å². The lowest BCUT2D eigenvalue weighted by molar-refractivity contribution is -0.131. The number of nitrogens with one attached hydrogen (secondary N) is 1. The monoisotopic (exact) mass is 198 g/mol. The third kappa shape index (κ3) is 3.29. The van der Waals surface area contributed by atoms with E-state index in [1.807, 2.05) is 11.9 Å². The lowest BCUT2D eigenvalue weighted by atomic mass is 10.2. The number of rotatable bonds is 6. The van der Waals surface area contributed by atoms with E-state index in [0.717, 1.165) is 18.9 Å². The van der Waals surface area contributed by atoms with Crippen LogP contribution < -0.4 is 5.32 Å². The summed E-state index contributed by atoms with van der Waals surface area (Å²) in [4.78, 5) is 13.5. The van der Waals surface area contributed by atoms with Crippen LogP contribution in [-0.2, 0) is 4.79 Å². The zero-order valence-electron chi connectivity index (χ0n) is 9.55. The van der Waals surface area contributed by atoms with Crippen molar-refractivity contribution >= 4 is 5.91 Å². The van der Waals surface area contributed by atoms with E-state index in [0.29, 0.717) is 12.6 Å². The van der Waals surface area contributed by atoms with Crippen LogP contribution >= 0.6 is 0 Å². The lowest BCUT2D eigenvalue weighted by Crippen LogP contribution is -2.41. The number of likely N-dealkylation sites (N-methyl/N-ethyl adjacent to an activating group) is 1. The zero-order chi connectivity index (χ0) is 10.6. The molecule has 1 atom stereocenters. The maximum Gasteiger partial charge on any atom is 0.236 e. The fourth-order valence-electron chi connectivity index (χ4n) is 1.62. The molecule has 1 aliphatic rings. The Morgan fingerprint density at radius 2 is 2.21 bits per heavy atom. The second-order valence-corrected chi connectivity index (χ2v) is 4.26.